The first-order valence-electron chi connectivity index (χ1n) is 10.7. The molecule has 4 unspecified atom stereocenters. The molecule has 1 spiro atoms. The third-order valence-electron chi connectivity index (χ3n) is 8.03. The average Bonchev–Trinajstić information content (AvgIpc) is 3.04. The van der Waals surface area contributed by atoms with Crippen molar-refractivity contribution in [3.05, 3.63) is 23.3 Å². The fourth-order valence-electron chi connectivity index (χ4n) is 6.87. The van der Waals surface area contributed by atoms with Crippen molar-refractivity contribution >= 4 is 5.78 Å². The summed E-state index contributed by atoms with van der Waals surface area (Å²) in [6, 6.07) is 4.73. The molecule has 0 radical (unpaired) electrons. The maximum atomic E-state index is 13.1. The lowest BCUT2D eigenvalue weighted by atomic mass is 9.49. The largest absolute Gasteiger partial charge is 0.493 e. The van der Waals surface area contributed by atoms with E-state index in [2.05, 4.69) is 24.9 Å². The number of nitrogens with zero attached hydrogens (tertiary/aromatic N) is 1. The molecule has 5 nitrogen and oxygen atoms in total. The van der Waals surface area contributed by atoms with Crippen LogP contribution in [0.3, 0.4) is 0 Å². The lowest BCUT2D eigenvalue weighted by Gasteiger charge is -2.60. The molecule has 28 heavy (non-hydrogen) atoms. The Morgan fingerprint density at radius 2 is 2.18 bits per heavy atom. The molecule has 2 heterocycles. The van der Waals surface area contributed by atoms with Crippen LogP contribution in [0.4, 0.5) is 0 Å². The highest BCUT2D eigenvalue weighted by atomic mass is 16.6. The SMILES string of the molecule is CCCC(=O)C1CC2C3Cc4ccc(OC)c5c4[C@@]2(CCN3C)[C@@H](O5)C1OC. The highest BCUT2D eigenvalue weighted by Crippen LogP contribution is 2.64. The highest BCUT2D eigenvalue weighted by Gasteiger charge is 2.68. The molecule has 2 fully saturated rings. The lowest BCUT2D eigenvalue weighted by Crippen LogP contribution is -2.68. The predicted molar refractivity (Wildman–Crippen MR) is 106 cm³/mol. The van der Waals surface area contributed by atoms with Crippen molar-refractivity contribution in [2.45, 2.75) is 62.7 Å². The van der Waals surface area contributed by atoms with E-state index in [1.54, 1.807) is 14.2 Å². The summed E-state index contributed by atoms with van der Waals surface area (Å²) in [4.78, 5) is 15.6. The van der Waals surface area contributed by atoms with Gasteiger partial charge in [0, 0.05) is 36.5 Å². The molecule has 2 aliphatic heterocycles. The maximum absolute atomic E-state index is 13.1. The van der Waals surface area contributed by atoms with E-state index in [0.29, 0.717) is 24.2 Å². The van der Waals surface area contributed by atoms with Gasteiger partial charge in [0.15, 0.2) is 11.5 Å². The first-order chi connectivity index (χ1) is 13.6. The number of likely N-dealkylation sites (N-methyl/N-ethyl adjacent to an activating group) is 1. The van der Waals surface area contributed by atoms with Gasteiger partial charge in [-0.3, -0.25) is 4.79 Å². The number of hydrogen-bond donors (Lipinski definition) is 0. The summed E-state index contributed by atoms with van der Waals surface area (Å²) in [6.07, 6.45) is 4.19. The molecular weight excluding hydrogens is 354 g/mol. The van der Waals surface area contributed by atoms with E-state index in [0.717, 1.165) is 43.7 Å². The molecule has 1 saturated carbocycles. The van der Waals surface area contributed by atoms with Gasteiger partial charge in [-0.05, 0) is 56.8 Å². The third-order valence-corrected chi connectivity index (χ3v) is 8.03. The Bertz CT molecular complexity index is 808. The Balaban J connectivity index is 1.69. The number of carbonyl (C=O) groups is 1. The number of likely N-dealkylation sites (tertiary alicyclic amines) is 1. The van der Waals surface area contributed by atoms with Crippen molar-refractivity contribution < 1.29 is 19.0 Å². The van der Waals surface area contributed by atoms with Crippen LogP contribution < -0.4 is 9.47 Å². The van der Waals surface area contributed by atoms with Crippen molar-refractivity contribution in [1.82, 2.24) is 4.90 Å². The second-order valence-electron chi connectivity index (χ2n) is 9.08. The van der Waals surface area contributed by atoms with Crippen LogP contribution in [0, 0.1) is 11.8 Å². The highest BCUT2D eigenvalue weighted by molar-refractivity contribution is 5.82. The van der Waals surface area contributed by atoms with E-state index in [1.807, 2.05) is 6.07 Å². The maximum Gasteiger partial charge on any atom is 0.165 e. The summed E-state index contributed by atoms with van der Waals surface area (Å²) < 4.78 is 18.4. The van der Waals surface area contributed by atoms with E-state index < -0.39 is 0 Å². The molecule has 1 aromatic carbocycles. The second kappa shape index (κ2) is 6.46. The van der Waals surface area contributed by atoms with Crippen LogP contribution in [0.2, 0.25) is 0 Å². The molecule has 5 rings (SSSR count). The number of carbonyl (C=O) groups excluding carboxylic acids is 1. The van der Waals surface area contributed by atoms with Crippen molar-refractivity contribution in [1.29, 1.82) is 0 Å². The minimum Gasteiger partial charge on any atom is -0.493 e. The molecule has 4 aliphatic rings. The Labute approximate surface area is 167 Å². The van der Waals surface area contributed by atoms with E-state index in [4.69, 9.17) is 14.2 Å². The van der Waals surface area contributed by atoms with Gasteiger partial charge in [0.05, 0.1) is 7.11 Å². The normalized spacial score (nSPS) is 37.9. The number of methoxy groups -OCH3 is 2. The van der Waals surface area contributed by atoms with Crippen molar-refractivity contribution in [2.75, 3.05) is 27.8 Å². The monoisotopic (exact) mass is 385 g/mol. The summed E-state index contributed by atoms with van der Waals surface area (Å²) in [6.45, 7) is 3.13. The third kappa shape index (κ3) is 2.18. The zero-order valence-corrected chi connectivity index (χ0v) is 17.4. The van der Waals surface area contributed by atoms with E-state index in [-0.39, 0.29) is 23.5 Å². The molecule has 152 valence electrons. The molecule has 2 aliphatic carbocycles. The van der Waals surface area contributed by atoms with Crippen LogP contribution in [-0.2, 0) is 21.4 Å². The fourth-order valence-corrected chi connectivity index (χ4v) is 6.87. The van der Waals surface area contributed by atoms with Gasteiger partial charge >= 0.3 is 0 Å². The first kappa shape index (κ1) is 18.4. The summed E-state index contributed by atoms with van der Waals surface area (Å²) >= 11 is 0. The summed E-state index contributed by atoms with van der Waals surface area (Å²) in [5.41, 5.74) is 2.69. The summed E-state index contributed by atoms with van der Waals surface area (Å²) in [5, 5.41) is 0. The van der Waals surface area contributed by atoms with E-state index in [9.17, 15) is 4.79 Å². The Hall–Kier alpha value is -1.59. The Morgan fingerprint density at radius 3 is 2.89 bits per heavy atom. The van der Waals surface area contributed by atoms with Crippen molar-refractivity contribution in [3.63, 3.8) is 0 Å². The minimum absolute atomic E-state index is 0.0572. The molecular formula is C23H31NO4. The molecule has 1 saturated heterocycles. The zero-order chi connectivity index (χ0) is 19.6. The molecule has 6 atom stereocenters. The minimum atomic E-state index is -0.192. The quantitative estimate of drug-likeness (QED) is 0.780. The number of ether oxygens (including phenoxy) is 3. The Morgan fingerprint density at radius 1 is 1.36 bits per heavy atom. The van der Waals surface area contributed by atoms with Crippen molar-refractivity contribution in [2.24, 2.45) is 11.8 Å². The molecule has 5 heteroatoms. The zero-order valence-electron chi connectivity index (χ0n) is 17.4. The number of Topliss-reactive ketones (excluding diaryl/α,β-unsaturated/α-hetero) is 1. The molecule has 0 amide bonds. The number of rotatable bonds is 5. The number of piperidine rings is 1. The van der Waals surface area contributed by atoms with E-state index in [1.165, 1.54) is 11.1 Å². The Kier molecular flexibility index (Phi) is 4.25. The van der Waals surface area contributed by atoms with Gasteiger partial charge in [-0.2, -0.15) is 0 Å². The standard InChI is InChI=1S/C23H31NO4/c1-5-6-17(25)14-12-15-16-11-13-7-8-18(26-3)21-19(13)23(15,9-10-24(16)2)22(28-21)20(14)27-4/h7-8,14-16,20,22H,5-6,9-12H2,1-4H3/t14?,15?,16?,20?,22-,23-/m0/s1. The van der Waals surface area contributed by atoms with Crippen molar-refractivity contribution in [3.8, 4) is 11.5 Å². The van der Waals surface area contributed by atoms with Gasteiger partial charge < -0.3 is 19.1 Å². The van der Waals surface area contributed by atoms with Gasteiger partial charge in [0.25, 0.3) is 0 Å². The summed E-state index contributed by atoms with van der Waals surface area (Å²) in [5.74, 6) is 2.40. The average molecular weight is 386 g/mol. The van der Waals surface area contributed by atoms with Crippen LogP contribution in [0.1, 0.15) is 43.7 Å². The number of hydrogen-bond acceptors (Lipinski definition) is 5. The molecule has 2 bridgehead atoms. The first-order valence-corrected chi connectivity index (χ1v) is 10.7. The van der Waals surface area contributed by atoms with Crippen LogP contribution >= 0.6 is 0 Å². The summed E-state index contributed by atoms with van der Waals surface area (Å²) in [7, 11) is 5.69. The van der Waals surface area contributed by atoms with Gasteiger partial charge in [0.2, 0.25) is 0 Å². The lowest BCUT2D eigenvalue weighted by molar-refractivity contribution is -0.156. The smallest absolute Gasteiger partial charge is 0.165 e. The van der Waals surface area contributed by atoms with Gasteiger partial charge in [-0.15, -0.1) is 0 Å². The molecule has 0 N–H and O–H groups in total. The second-order valence-corrected chi connectivity index (χ2v) is 9.08. The van der Waals surface area contributed by atoms with Crippen LogP contribution in [0.25, 0.3) is 0 Å². The number of ketones is 1. The fraction of sp³-hybridized carbons (Fsp3) is 0.696. The van der Waals surface area contributed by atoms with Crippen LogP contribution in [0.5, 0.6) is 11.5 Å². The predicted octanol–water partition coefficient (Wildman–Crippen LogP) is 2.97. The van der Waals surface area contributed by atoms with Crippen LogP contribution in [0.15, 0.2) is 12.1 Å². The topological polar surface area (TPSA) is 48.0 Å². The van der Waals surface area contributed by atoms with Crippen LogP contribution in [-0.4, -0.2) is 56.7 Å². The molecule has 1 aromatic rings. The van der Waals surface area contributed by atoms with E-state index >= 15 is 0 Å². The molecule has 0 aromatic heterocycles. The van der Waals surface area contributed by atoms with Gasteiger partial charge in [-0.1, -0.05) is 13.0 Å². The number of benzene rings is 1. The van der Waals surface area contributed by atoms with Gasteiger partial charge in [-0.25, -0.2) is 0 Å². The van der Waals surface area contributed by atoms with Gasteiger partial charge in [0.1, 0.15) is 18.0 Å².